The Morgan fingerprint density at radius 2 is 2.23 bits per heavy atom. The molecule has 0 saturated heterocycles. The van der Waals surface area contributed by atoms with Crippen LogP contribution in [0.15, 0.2) is 52.9 Å². The molecule has 1 amide bonds. The highest BCUT2D eigenvalue weighted by atomic mass is 32.1. The van der Waals surface area contributed by atoms with Gasteiger partial charge in [0.25, 0.3) is 5.91 Å². The number of rotatable bonds is 4. The fourth-order valence-electron chi connectivity index (χ4n) is 1.82. The predicted octanol–water partition coefficient (Wildman–Crippen LogP) is 2.61. The topological polar surface area (TPSA) is 90.4 Å². The van der Waals surface area contributed by atoms with Gasteiger partial charge in [-0.3, -0.25) is 9.89 Å². The molecule has 3 rings (SSSR count). The average molecular weight is 312 g/mol. The summed E-state index contributed by atoms with van der Waals surface area (Å²) in [7, 11) is 0. The molecule has 0 saturated carbocycles. The van der Waals surface area contributed by atoms with Crippen molar-refractivity contribution in [1.82, 2.24) is 15.6 Å². The first-order valence-corrected chi connectivity index (χ1v) is 7.32. The van der Waals surface area contributed by atoms with Gasteiger partial charge in [0.05, 0.1) is 16.8 Å². The summed E-state index contributed by atoms with van der Waals surface area (Å²) in [6.07, 6.45) is 1.45. The summed E-state index contributed by atoms with van der Waals surface area (Å²) in [5.74, 6) is -0.265. The molecule has 6 nitrogen and oxygen atoms in total. The van der Waals surface area contributed by atoms with Crippen LogP contribution < -0.4 is 5.43 Å². The summed E-state index contributed by atoms with van der Waals surface area (Å²) in [5, 5.41) is 21.9. The molecular formula is C15H12N4O2S. The fourth-order valence-corrected chi connectivity index (χ4v) is 2.52. The van der Waals surface area contributed by atoms with E-state index in [-0.39, 0.29) is 11.4 Å². The number of aromatic amines is 1. The highest BCUT2D eigenvalue weighted by Crippen LogP contribution is 2.22. The Morgan fingerprint density at radius 3 is 3.00 bits per heavy atom. The molecule has 1 aromatic carbocycles. The molecule has 3 N–H and O–H groups in total. The zero-order chi connectivity index (χ0) is 15.4. The zero-order valence-electron chi connectivity index (χ0n) is 11.4. The van der Waals surface area contributed by atoms with Crippen LogP contribution in [0.5, 0.6) is 5.75 Å². The molecule has 0 bridgehead atoms. The summed E-state index contributed by atoms with van der Waals surface area (Å²) in [6.45, 7) is 0. The van der Waals surface area contributed by atoms with Crippen molar-refractivity contribution < 1.29 is 9.90 Å². The monoisotopic (exact) mass is 312 g/mol. The molecule has 0 aliphatic heterocycles. The Hall–Kier alpha value is -2.93. The van der Waals surface area contributed by atoms with E-state index in [0.717, 1.165) is 10.6 Å². The number of phenolic OH excluding ortho intramolecular Hbond substituents is 1. The van der Waals surface area contributed by atoms with E-state index >= 15 is 0 Å². The lowest BCUT2D eigenvalue weighted by Gasteiger charge is -1.96. The molecule has 7 heteroatoms. The van der Waals surface area contributed by atoms with E-state index in [2.05, 4.69) is 20.7 Å². The van der Waals surface area contributed by atoms with Crippen LogP contribution >= 0.6 is 11.3 Å². The Bertz CT molecular complexity index is 809. The van der Waals surface area contributed by atoms with Gasteiger partial charge in [0.1, 0.15) is 5.75 Å². The van der Waals surface area contributed by atoms with Gasteiger partial charge in [-0.2, -0.15) is 10.2 Å². The first kappa shape index (κ1) is 14.0. The summed E-state index contributed by atoms with van der Waals surface area (Å²) in [6, 6.07) is 12.1. The van der Waals surface area contributed by atoms with Crippen molar-refractivity contribution in [2.45, 2.75) is 0 Å². The smallest absolute Gasteiger partial charge is 0.291 e. The number of carbonyl (C=O) groups excluding carboxylic acids is 1. The third-order valence-corrected chi connectivity index (χ3v) is 3.75. The van der Waals surface area contributed by atoms with Crippen molar-refractivity contribution in [1.29, 1.82) is 0 Å². The molecule has 0 spiro atoms. The lowest BCUT2D eigenvalue weighted by atomic mass is 10.2. The van der Waals surface area contributed by atoms with Crippen LogP contribution in [0.1, 0.15) is 16.1 Å². The minimum absolute atomic E-state index is 0.142. The van der Waals surface area contributed by atoms with Crippen LogP contribution in [-0.2, 0) is 0 Å². The summed E-state index contributed by atoms with van der Waals surface area (Å²) in [5.41, 5.74) is 4.13. The summed E-state index contributed by atoms with van der Waals surface area (Å²) in [4.78, 5) is 12.9. The van der Waals surface area contributed by atoms with E-state index in [1.807, 2.05) is 17.5 Å². The fraction of sp³-hybridized carbons (Fsp3) is 0. The number of thiophene rings is 1. The third kappa shape index (κ3) is 3.21. The van der Waals surface area contributed by atoms with Crippen LogP contribution in [-0.4, -0.2) is 27.4 Å². The maximum Gasteiger partial charge on any atom is 0.291 e. The molecule has 2 heterocycles. The highest BCUT2D eigenvalue weighted by molar-refractivity contribution is 7.13. The Balaban J connectivity index is 1.65. The Morgan fingerprint density at radius 1 is 1.32 bits per heavy atom. The molecule has 3 aromatic rings. The van der Waals surface area contributed by atoms with E-state index in [1.165, 1.54) is 6.21 Å². The number of carbonyl (C=O) groups is 1. The number of amides is 1. The number of hydrogen-bond donors (Lipinski definition) is 3. The lowest BCUT2D eigenvalue weighted by Crippen LogP contribution is -2.17. The number of phenols is 1. The van der Waals surface area contributed by atoms with Crippen molar-refractivity contribution in [3.8, 4) is 16.3 Å². The van der Waals surface area contributed by atoms with Crippen molar-refractivity contribution in [2.75, 3.05) is 0 Å². The number of nitrogens with zero attached hydrogens (tertiary/aromatic N) is 2. The second kappa shape index (κ2) is 6.23. The number of benzene rings is 1. The van der Waals surface area contributed by atoms with Crippen LogP contribution in [0.3, 0.4) is 0 Å². The molecule has 0 aliphatic carbocycles. The van der Waals surface area contributed by atoms with Gasteiger partial charge in [-0.15, -0.1) is 11.3 Å². The van der Waals surface area contributed by atoms with E-state index in [0.29, 0.717) is 5.56 Å². The van der Waals surface area contributed by atoms with Gasteiger partial charge in [0.2, 0.25) is 0 Å². The first-order valence-electron chi connectivity index (χ1n) is 6.44. The molecule has 110 valence electrons. The average Bonchev–Trinajstić information content (AvgIpc) is 3.18. The number of hydrogen-bond acceptors (Lipinski definition) is 5. The van der Waals surface area contributed by atoms with E-state index < -0.39 is 5.91 Å². The molecule has 0 aliphatic rings. The predicted molar refractivity (Wildman–Crippen MR) is 85.1 cm³/mol. The van der Waals surface area contributed by atoms with Gasteiger partial charge < -0.3 is 5.11 Å². The number of nitrogens with one attached hydrogen (secondary N) is 2. The Labute approximate surface area is 130 Å². The van der Waals surface area contributed by atoms with Crippen LogP contribution in [0, 0.1) is 0 Å². The summed E-state index contributed by atoms with van der Waals surface area (Å²) < 4.78 is 0. The normalized spacial score (nSPS) is 10.9. The van der Waals surface area contributed by atoms with Crippen LogP contribution in [0.4, 0.5) is 0 Å². The van der Waals surface area contributed by atoms with Crippen LogP contribution in [0.2, 0.25) is 0 Å². The molecule has 22 heavy (non-hydrogen) atoms. The van der Waals surface area contributed by atoms with Crippen molar-refractivity contribution >= 4 is 23.5 Å². The first-order chi connectivity index (χ1) is 10.7. The quantitative estimate of drug-likeness (QED) is 0.511. The van der Waals surface area contributed by atoms with E-state index in [4.69, 9.17) is 0 Å². The molecular weight excluding hydrogens is 300 g/mol. The highest BCUT2D eigenvalue weighted by Gasteiger charge is 2.10. The lowest BCUT2D eigenvalue weighted by molar-refractivity contribution is 0.0950. The minimum atomic E-state index is -0.407. The van der Waals surface area contributed by atoms with E-state index in [1.54, 1.807) is 41.7 Å². The van der Waals surface area contributed by atoms with Crippen molar-refractivity contribution in [3.63, 3.8) is 0 Å². The molecule has 0 atom stereocenters. The third-order valence-electron chi connectivity index (χ3n) is 2.85. The number of H-pyrrole nitrogens is 1. The maximum absolute atomic E-state index is 11.9. The second-order valence-corrected chi connectivity index (χ2v) is 5.39. The molecule has 2 aromatic heterocycles. The summed E-state index contributed by atoms with van der Waals surface area (Å²) >= 11 is 1.56. The number of aromatic nitrogens is 2. The maximum atomic E-state index is 11.9. The van der Waals surface area contributed by atoms with Gasteiger partial charge >= 0.3 is 0 Å². The molecule has 0 radical (unpaired) electrons. The van der Waals surface area contributed by atoms with Crippen molar-refractivity contribution in [2.24, 2.45) is 5.10 Å². The van der Waals surface area contributed by atoms with Gasteiger partial charge in [-0.05, 0) is 35.2 Å². The Kier molecular flexibility index (Phi) is 3.97. The van der Waals surface area contributed by atoms with Crippen molar-refractivity contribution in [3.05, 3.63) is 59.1 Å². The largest absolute Gasteiger partial charge is 0.508 e. The molecule has 0 unspecified atom stereocenters. The standard InChI is InChI=1S/C15H12N4O2S/c20-11-4-1-3-10(7-11)9-16-19-15(21)13-8-12(17-18-13)14-5-2-6-22-14/h1-9,20H,(H,17,18)(H,19,21). The SMILES string of the molecule is O=C(NN=Cc1cccc(O)c1)c1cc(-c2cccs2)[nH]n1. The van der Waals surface area contributed by atoms with Gasteiger partial charge in [0, 0.05) is 0 Å². The number of hydrazone groups is 1. The minimum Gasteiger partial charge on any atom is -0.508 e. The van der Waals surface area contributed by atoms with Crippen LogP contribution in [0.25, 0.3) is 10.6 Å². The number of aromatic hydroxyl groups is 1. The zero-order valence-corrected chi connectivity index (χ0v) is 12.2. The van der Waals surface area contributed by atoms with Gasteiger partial charge in [-0.1, -0.05) is 18.2 Å². The van der Waals surface area contributed by atoms with Gasteiger partial charge in [0.15, 0.2) is 5.69 Å². The molecule has 0 fully saturated rings. The van der Waals surface area contributed by atoms with Gasteiger partial charge in [-0.25, -0.2) is 5.43 Å². The second-order valence-electron chi connectivity index (χ2n) is 4.44. The van der Waals surface area contributed by atoms with E-state index in [9.17, 15) is 9.90 Å².